The first kappa shape index (κ1) is 21.5. The highest BCUT2D eigenvalue weighted by molar-refractivity contribution is 6.32. The van der Waals surface area contributed by atoms with Crippen molar-refractivity contribution in [1.82, 2.24) is 10.2 Å². The Bertz CT molecular complexity index is 1350. The molecule has 0 aliphatic rings. The molecule has 160 valence electrons. The summed E-state index contributed by atoms with van der Waals surface area (Å²) in [7, 11) is 0. The first-order valence-corrected chi connectivity index (χ1v) is 10.5. The largest absolute Gasteiger partial charge is 0.478 e. The number of fused-ring (bicyclic) bond motifs is 1. The van der Waals surface area contributed by atoms with Crippen LogP contribution in [0.1, 0.15) is 35.6 Å². The maximum Gasteiger partial charge on any atom is 0.328 e. The highest BCUT2D eigenvalue weighted by atomic mass is 35.5. The molecule has 1 heterocycles. The van der Waals surface area contributed by atoms with Gasteiger partial charge >= 0.3 is 5.97 Å². The molecule has 0 unspecified atom stereocenters. The predicted molar refractivity (Wildman–Crippen MR) is 127 cm³/mol. The number of hydrogen-bond donors (Lipinski definition) is 2. The van der Waals surface area contributed by atoms with Crippen LogP contribution in [0.15, 0.2) is 72.8 Å². The molecule has 6 heteroatoms. The first-order valence-electron chi connectivity index (χ1n) is 10.1. The molecule has 0 fully saturated rings. The van der Waals surface area contributed by atoms with Crippen LogP contribution in [0.25, 0.3) is 28.1 Å². The van der Waals surface area contributed by atoms with Crippen LogP contribution in [0.2, 0.25) is 5.02 Å². The Balaban J connectivity index is 1.94. The summed E-state index contributed by atoms with van der Waals surface area (Å²) in [5, 5.41) is 16.3. The van der Waals surface area contributed by atoms with Crippen LogP contribution in [0.3, 0.4) is 0 Å². The number of carboxylic acids is 1. The van der Waals surface area contributed by atoms with Gasteiger partial charge in [0.05, 0.1) is 10.9 Å². The molecule has 0 spiro atoms. The van der Waals surface area contributed by atoms with Crippen molar-refractivity contribution in [2.24, 2.45) is 0 Å². The fourth-order valence-corrected chi connectivity index (χ4v) is 4.04. The van der Waals surface area contributed by atoms with Crippen molar-refractivity contribution in [3.05, 3.63) is 106 Å². The van der Waals surface area contributed by atoms with Gasteiger partial charge in [-0.3, -0.25) is 5.10 Å². The number of nitrogens with zero attached hydrogens (tertiary/aromatic N) is 1. The molecule has 0 saturated carbocycles. The number of nitrogens with one attached hydrogen (secondary N) is 1. The lowest BCUT2D eigenvalue weighted by Crippen LogP contribution is -1.96. The summed E-state index contributed by atoms with van der Waals surface area (Å²) in [6, 6.07) is 20.7. The van der Waals surface area contributed by atoms with E-state index < -0.39 is 11.9 Å². The molecule has 4 nitrogen and oxygen atoms in total. The Labute approximate surface area is 189 Å². The number of carbonyl (C=O) groups is 1. The fraction of sp³-hybridized carbons (Fsp3) is 0.0769. The van der Waals surface area contributed by atoms with E-state index in [0.29, 0.717) is 22.3 Å². The van der Waals surface area contributed by atoms with E-state index in [1.165, 1.54) is 6.08 Å². The Kier molecular flexibility index (Phi) is 6.19. The SMILES string of the molecule is CC/C(=C(/c1ccc(/C=C/C(=O)O)cc1)c1ccc2[nH]nc(F)c2c1)c1ccccc1Cl. The summed E-state index contributed by atoms with van der Waals surface area (Å²) in [5.41, 5.74) is 6.00. The number of H-pyrrole nitrogens is 1. The van der Waals surface area contributed by atoms with Gasteiger partial charge in [-0.15, -0.1) is 5.10 Å². The Morgan fingerprint density at radius 2 is 1.81 bits per heavy atom. The van der Waals surface area contributed by atoms with Gasteiger partial charge in [-0.05, 0) is 64.1 Å². The lowest BCUT2D eigenvalue weighted by Gasteiger charge is -2.17. The van der Waals surface area contributed by atoms with E-state index in [1.807, 2.05) is 60.7 Å². The standard InChI is InChI=1S/C26H20ClFN2O2/c1-2-19(20-5-3-4-6-22(20)27)25(17-10-7-16(8-11-17)9-14-24(31)32)18-12-13-23-21(15-18)26(28)30-29-23/h3-15H,2H2,1H3,(H,29,30)(H,31,32)/b14-9+,25-19+. The molecule has 4 aromatic rings. The highest BCUT2D eigenvalue weighted by Gasteiger charge is 2.16. The number of benzene rings is 3. The van der Waals surface area contributed by atoms with Gasteiger partial charge in [0.1, 0.15) is 0 Å². The summed E-state index contributed by atoms with van der Waals surface area (Å²) in [6.45, 7) is 2.06. The molecular formula is C26H20ClFN2O2. The predicted octanol–water partition coefficient (Wildman–Crippen LogP) is 6.82. The van der Waals surface area contributed by atoms with Crippen LogP contribution < -0.4 is 0 Å². The van der Waals surface area contributed by atoms with E-state index in [9.17, 15) is 9.18 Å². The Morgan fingerprint density at radius 3 is 2.50 bits per heavy atom. The van der Waals surface area contributed by atoms with Crippen LogP contribution in [0.4, 0.5) is 4.39 Å². The van der Waals surface area contributed by atoms with Crippen molar-refractivity contribution in [1.29, 1.82) is 0 Å². The van der Waals surface area contributed by atoms with Crippen molar-refractivity contribution in [2.45, 2.75) is 13.3 Å². The third kappa shape index (κ3) is 4.34. The topological polar surface area (TPSA) is 66.0 Å². The average Bonchev–Trinajstić information content (AvgIpc) is 3.17. The molecular weight excluding hydrogens is 427 g/mol. The first-order chi connectivity index (χ1) is 15.5. The van der Waals surface area contributed by atoms with E-state index >= 15 is 0 Å². The summed E-state index contributed by atoms with van der Waals surface area (Å²) in [6.07, 6.45) is 3.34. The normalized spacial score (nSPS) is 12.3. The number of halogens is 2. The smallest absolute Gasteiger partial charge is 0.328 e. The summed E-state index contributed by atoms with van der Waals surface area (Å²) in [4.78, 5) is 10.8. The zero-order chi connectivity index (χ0) is 22.7. The second kappa shape index (κ2) is 9.20. The second-order valence-corrected chi connectivity index (χ2v) is 7.66. The van der Waals surface area contributed by atoms with Crippen molar-refractivity contribution < 1.29 is 14.3 Å². The van der Waals surface area contributed by atoms with Crippen LogP contribution in [-0.2, 0) is 4.79 Å². The van der Waals surface area contributed by atoms with Crippen molar-refractivity contribution in [3.8, 4) is 0 Å². The van der Waals surface area contributed by atoms with Crippen molar-refractivity contribution in [3.63, 3.8) is 0 Å². The minimum absolute atomic E-state index is 0.413. The Hall–Kier alpha value is -3.70. The van der Waals surface area contributed by atoms with Crippen molar-refractivity contribution >= 4 is 45.7 Å². The van der Waals surface area contributed by atoms with Gasteiger partial charge < -0.3 is 5.11 Å². The number of aromatic amines is 1. The molecule has 2 N–H and O–H groups in total. The van der Waals surface area contributed by atoms with E-state index in [-0.39, 0.29) is 0 Å². The maximum atomic E-state index is 14.2. The molecule has 0 bridgehead atoms. The molecule has 4 rings (SSSR count). The van der Waals surface area contributed by atoms with Gasteiger partial charge in [0, 0.05) is 11.1 Å². The number of aromatic nitrogens is 2. The van der Waals surface area contributed by atoms with E-state index in [2.05, 4.69) is 17.1 Å². The van der Waals surface area contributed by atoms with Gasteiger partial charge in [-0.25, -0.2) is 4.79 Å². The molecule has 0 aliphatic carbocycles. The van der Waals surface area contributed by atoms with Gasteiger partial charge in [0.15, 0.2) is 0 Å². The van der Waals surface area contributed by atoms with E-state index in [0.717, 1.165) is 39.5 Å². The third-order valence-electron chi connectivity index (χ3n) is 5.28. The molecule has 3 aromatic carbocycles. The minimum Gasteiger partial charge on any atom is -0.478 e. The van der Waals surface area contributed by atoms with Gasteiger partial charge in [-0.2, -0.15) is 4.39 Å². The van der Waals surface area contributed by atoms with Crippen LogP contribution >= 0.6 is 11.6 Å². The summed E-state index contributed by atoms with van der Waals surface area (Å²) < 4.78 is 14.2. The maximum absolute atomic E-state index is 14.2. The lowest BCUT2D eigenvalue weighted by molar-refractivity contribution is -0.131. The second-order valence-electron chi connectivity index (χ2n) is 7.26. The number of allylic oxidation sites excluding steroid dienone is 1. The average molecular weight is 447 g/mol. The quantitative estimate of drug-likeness (QED) is 0.252. The lowest BCUT2D eigenvalue weighted by atomic mass is 9.87. The van der Waals surface area contributed by atoms with Crippen molar-refractivity contribution in [2.75, 3.05) is 0 Å². The van der Waals surface area contributed by atoms with Crippen LogP contribution in [0.5, 0.6) is 0 Å². The minimum atomic E-state index is -1.00. The monoisotopic (exact) mass is 446 g/mol. The van der Waals surface area contributed by atoms with Crippen LogP contribution in [-0.4, -0.2) is 21.3 Å². The van der Waals surface area contributed by atoms with Gasteiger partial charge in [0.25, 0.3) is 0 Å². The molecule has 32 heavy (non-hydrogen) atoms. The molecule has 1 aromatic heterocycles. The zero-order valence-electron chi connectivity index (χ0n) is 17.3. The number of carboxylic acid groups (broad SMARTS) is 1. The molecule has 0 aliphatic heterocycles. The van der Waals surface area contributed by atoms with E-state index in [1.54, 1.807) is 6.07 Å². The zero-order valence-corrected chi connectivity index (χ0v) is 18.0. The molecule has 0 radical (unpaired) electrons. The summed E-state index contributed by atoms with van der Waals surface area (Å²) in [5.74, 6) is -1.55. The summed E-state index contributed by atoms with van der Waals surface area (Å²) >= 11 is 6.54. The number of aliphatic carboxylic acids is 1. The molecule has 0 amide bonds. The number of rotatable bonds is 6. The number of hydrogen-bond acceptors (Lipinski definition) is 2. The van der Waals surface area contributed by atoms with Gasteiger partial charge in [-0.1, -0.05) is 67.1 Å². The highest BCUT2D eigenvalue weighted by Crippen LogP contribution is 2.38. The molecule has 0 atom stereocenters. The fourth-order valence-electron chi connectivity index (χ4n) is 3.79. The van der Waals surface area contributed by atoms with Gasteiger partial charge in [0.2, 0.25) is 5.95 Å². The third-order valence-corrected chi connectivity index (χ3v) is 5.61. The van der Waals surface area contributed by atoms with Crippen LogP contribution in [0, 0.1) is 5.95 Å². The Morgan fingerprint density at radius 1 is 1.09 bits per heavy atom. The van der Waals surface area contributed by atoms with E-state index in [4.69, 9.17) is 16.7 Å². The molecule has 0 saturated heterocycles.